The van der Waals surface area contributed by atoms with E-state index < -0.39 is 0 Å². The van der Waals surface area contributed by atoms with Gasteiger partial charge in [-0.3, -0.25) is 4.99 Å². The van der Waals surface area contributed by atoms with Crippen molar-refractivity contribution in [2.45, 2.75) is 69.9 Å². The fourth-order valence-corrected chi connectivity index (χ4v) is 4.95. The first-order valence-electron chi connectivity index (χ1n) is 9.99. The standard InChI is InChI=1S/C20H34N4S.HI/c1-16(17-10-13-25-15-17)14-22-20(21-2)23-18-8-11-24(12-9-18)19-6-4-3-5-7-19;/h10,13,15-16,18-19H,3-9,11-12,14H2,1-2H3,(H2,21,22,23);1H. The van der Waals surface area contributed by atoms with E-state index in [9.17, 15) is 0 Å². The molecular formula is C20H35IN4S. The largest absolute Gasteiger partial charge is 0.356 e. The van der Waals surface area contributed by atoms with Crippen LogP contribution in [0.25, 0.3) is 0 Å². The Morgan fingerprint density at radius 2 is 1.96 bits per heavy atom. The lowest BCUT2D eigenvalue weighted by Crippen LogP contribution is -2.51. The lowest BCUT2D eigenvalue weighted by molar-refractivity contribution is 0.119. The monoisotopic (exact) mass is 490 g/mol. The quantitative estimate of drug-likeness (QED) is 0.365. The first kappa shape index (κ1) is 22.0. The number of rotatable bonds is 5. The fraction of sp³-hybridized carbons (Fsp3) is 0.750. The lowest BCUT2D eigenvalue weighted by Gasteiger charge is -2.39. The zero-order valence-electron chi connectivity index (χ0n) is 16.2. The Morgan fingerprint density at radius 1 is 1.23 bits per heavy atom. The minimum atomic E-state index is 0. The van der Waals surface area contributed by atoms with E-state index in [0.717, 1.165) is 18.5 Å². The molecular weight excluding hydrogens is 455 g/mol. The van der Waals surface area contributed by atoms with Crippen molar-refractivity contribution in [3.8, 4) is 0 Å². The molecule has 1 aliphatic heterocycles. The smallest absolute Gasteiger partial charge is 0.191 e. The van der Waals surface area contributed by atoms with Crippen molar-refractivity contribution < 1.29 is 0 Å². The molecule has 148 valence electrons. The van der Waals surface area contributed by atoms with Crippen LogP contribution in [0.3, 0.4) is 0 Å². The first-order chi connectivity index (χ1) is 12.3. The lowest BCUT2D eigenvalue weighted by atomic mass is 9.92. The maximum Gasteiger partial charge on any atom is 0.191 e. The number of thiophene rings is 1. The van der Waals surface area contributed by atoms with Gasteiger partial charge in [0.05, 0.1) is 0 Å². The Labute approximate surface area is 180 Å². The minimum absolute atomic E-state index is 0. The predicted octanol–water partition coefficient (Wildman–Crippen LogP) is 4.43. The van der Waals surface area contributed by atoms with Gasteiger partial charge in [0.2, 0.25) is 0 Å². The molecule has 1 saturated carbocycles. The summed E-state index contributed by atoms with van der Waals surface area (Å²) in [5, 5.41) is 11.5. The zero-order valence-corrected chi connectivity index (χ0v) is 19.4. The van der Waals surface area contributed by atoms with Crippen molar-refractivity contribution in [2.24, 2.45) is 4.99 Å². The number of hydrogen-bond donors (Lipinski definition) is 2. The molecule has 1 unspecified atom stereocenters. The fourth-order valence-electron chi connectivity index (χ4n) is 4.17. The van der Waals surface area contributed by atoms with Gasteiger partial charge in [0, 0.05) is 38.8 Å². The second-order valence-electron chi connectivity index (χ2n) is 7.66. The topological polar surface area (TPSA) is 39.7 Å². The van der Waals surface area contributed by atoms with Gasteiger partial charge in [-0.05, 0) is 54.0 Å². The van der Waals surface area contributed by atoms with Crippen molar-refractivity contribution in [3.63, 3.8) is 0 Å². The third-order valence-electron chi connectivity index (χ3n) is 5.87. The summed E-state index contributed by atoms with van der Waals surface area (Å²) in [5.41, 5.74) is 1.41. The SMILES string of the molecule is CN=C(NCC(C)c1ccsc1)NC1CCN(C2CCCCC2)CC1.I. The Hall–Kier alpha value is -0.340. The highest BCUT2D eigenvalue weighted by Crippen LogP contribution is 2.25. The number of piperidine rings is 1. The number of guanidine groups is 1. The Balaban J connectivity index is 0.00000243. The Morgan fingerprint density at radius 3 is 2.58 bits per heavy atom. The number of aliphatic imine (C=N–C) groups is 1. The molecule has 0 spiro atoms. The van der Waals surface area contributed by atoms with Crippen LogP contribution in [-0.4, -0.2) is 49.6 Å². The molecule has 26 heavy (non-hydrogen) atoms. The molecule has 1 saturated heterocycles. The average molecular weight is 490 g/mol. The first-order valence-corrected chi connectivity index (χ1v) is 10.9. The van der Waals surface area contributed by atoms with Gasteiger partial charge in [-0.2, -0.15) is 11.3 Å². The van der Waals surface area contributed by atoms with Crippen LogP contribution in [0, 0.1) is 0 Å². The summed E-state index contributed by atoms with van der Waals surface area (Å²) in [5.74, 6) is 1.47. The van der Waals surface area contributed by atoms with Crippen LogP contribution >= 0.6 is 35.3 Å². The average Bonchev–Trinajstić information content (AvgIpc) is 3.21. The van der Waals surface area contributed by atoms with Crippen LogP contribution < -0.4 is 10.6 Å². The molecule has 2 heterocycles. The van der Waals surface area contributed by atoms with E-state index in [2.05, 4.69) is 44.3 Å². The molecule has 0 aromatic carbocycles. The van der Waals surface area contributed by atoms with Gasteiger partial charge in [0.15, 0.2) is 5.96 Å². The number of nitrogens with zero attached hydrogens (tertiary/aromatic N) is 2. The van der Waals surface area contributed by atoms with E-state index in [1.165, 1.54) is 63.6 Å². The van der Waals surface area contributed by atoms with Gasteiger partial charge in [-0.25, -0.2) is 0 Å². The molecule has 1 aromatic rings. The summed E-state index contributed by atoms with van der Waals surface area (Å²) in [6, 6.07) is 3.63. The van der Waals surface area contributed by atoms with Gasteiger partial charge in [-0.15, -0.1) is 24.0 Å². The van der Waals surface area contributed by atoms with Gasteiger partial charge in [0.1, 0.15) is 0 Å². The molecule has 2 aliphatic rings. The zero-order chi connectivity index (χ0) is 17.5. The molecule has 0 bridgehead atoms. The van der Waals surface area contributed by atoms with Gasteiger partial charge < -0.3 is 15.5 Å². The molecule has 1 atom stereocenters. The maximum atomic E-state index is 4.43. The highest BCUT2D eigenvalue weighted by Gasteiger charge is 2.26. The second-order valence-corrected chi connectivity index (χ2v) is 8.44. The van der Waals surface area contributed by atoms with Crippen LogP contribution in [0.4, 0.5) is 0 Å². The molecule has 2 fully saturated rings. The summed E-state index contributed by atoms with van der Waals surface area (Å²) in [7, 11) is 1.88. The summed E-state index contributed by atoms with van der Waals surface area (Å²) in [4.78, 5) is 7.17. The van der Waals surface area contributed by atoms with Crippen molar-refractivity contribution in [1.29, 1.82) is 0 Å². The van der Waals surface area contributed by atoms with E-state index >= 15 is 0 Å². The van der Waals surface area contributed by atoms with Gasteiger partial charge in [0.25, 0.3) is 0 Å². The molecule has 3 rings (SSSR count). The van der Waals surface area contributed by atoms with Crippen LogP contribution in [0.1, 0.15) is 63.4 Å². The van der Waals surface area contributed by atoms with E-state index in [0.29, 0.717) is 12.0 Å². The highest BCUT2D eigenvalue weighted by atomic mass is 127. The number of nitrogens with one attached hydrogen (secondary N) is 2. The van der Waals surface area contributed by atoms with E-state index in [1.807, 2.05) is 7.05 Å². The number of hydrogen-bond acceptors (Lipinski definition) is 3. The minimum Gasteiger partial charge on any atom is -0.356 e. The van der Waals surface area contributed by atoms with Crippen molar-refractivity contribution >= 4 is 41.3 Å². The molecule has 2 N–H and O–H groups in total. The Kier molecular flexibility index (Phi) is 9.70. The summed E-state index contributed by atoms with van der Waals surface area (Å²) in [6.45, 7) is 5.68. The highest BCUT2D eigenvalue weighted by molar-refractivity contribution is 14.0. The number of halogens is 1. The van der Waals surface area contributed by atoms with Crippen LogP contribution in [0.5, 0.6) is 0 Å². The molecule has 6 heteroatoms. The second kappa shape index (κ2) is 11.5. The summed E-state index contributed by atoms with van der Waals surface area (Å²) >= 11 is 1.77. The van der Waals surface area contributed by atoms with E-state index in [1.54, 1.807) is 11.3 Å². The summed E-state index contributed by atoms with van der Waals surface area (Å²) in [6.07, 6.45) is 9.61. The Bertz CT molecular complexity index is 520. The van der Waals surface area contributed by atoms with Gasteiger partial charge >= 0.3 is 0 Å². The van der Waals surface area contributed by atoms with Crippen LogP contribution in [0.2, 0.25) is 0 Å². The van der Waals surface area contributed by atoms with E-state index in [-0.39, 0.29) is 24.0 Å². The van der Waals surface area contributed by atoms with Crippen molar-refractivity contribution in [1.82, 2.24) is 15.5 Å². The molecule has 0 amide bonds. The number of likely N-dealkylation sites (tertiary alicyclic amines) is 1. The van der Waals surface area contributed by atoms with Gasteiger partial charge in [-0.1, -0.05) is 26.2 Å². The molecule has 4 nitrogen and oxygen atoms in total. The van der Waals surface area contributed by atoms with Crippen LogP contribution in [-0.2, 0) is 0 Å². The third-order valence-corrected chi connectivity index (χ3v) is 6.57. The van der Waals surface area contributed by atoms with Crippen LogP contribution in [0.15, 0.2) is 21.8 Å². The molecule has 1 aromatic heterocycles. The van der Waals surface area contributed by atoms with Crippen molar-refractivity contribution in [3.05, 3.63) is 22.4 Å². The van der Waals surface area contributed by atoms with E-state index in [4.69, 9.17) is 0 Å². The maximum absolute atomic E-state index is 4.43. The third kappa shape index (κ3) is 6.37. The molecule has 0 radical (unpaired) electrons. The normalized spacial score (nSPS) is 21.8. The van der Waals surface area contributed by atoms with Crippen molar-refractivity contribution in [2.75, 3.05) is 26.7 Å². The molecule has 1 aliphatic carbocycles. The predicted molar refractivity (Wildman–Crippen MR) is 124 cm³/mol. The summed E-state index contributed by atoms with van der Waals surface area (Å²) < 4.78 is 0.